The van der Waals surface area contributed by atoms with Crippen LogP contribution in [0.25, 0.3) is 5.65 Å². The minimum Gasteiger partial charge on any atom is -0.306 e. The van der Waals surface area contributed by atoms with Crippen LogP contribution in [0.1, 0.15) is 24.2 Å². The van der Waals surface area contributed by atoms with E-state index in [1.807, 2.05) is 0 Å². The predicted octanol–water partition coefficient (Wildman–Crippen LogP) is 1.92. The van der Waals surface area contributed by atoms with Crippen LogP contribution in [0.5, 0.6) is 0 Å². The summed E-state index contributed by atoms with van der Waals surface area (Å²) in [6.07, 6.45) is 5.74. The lowest BCUT2D eigenvalue weighted by Gasteiger charge is -2.29. The molecule has 0 saturated carbocycles. The largest absolute Gasteiger partial charge is 0.306 e. The van der Waals surface area contributed by atoms with Crippen molar-refractivity contribution in [2.24, 2.45) is 5.92 Å². The molecule has 4 heteroatoms. The van der Waals surface area contributed by atoms with E-state index in [4.69, 9.17) is 0 Å². The van der Waals surface area contributed by atoms with Crippen molar-refractivity contribution in [3.8, 4) is 0 Å². The van der Waals surface area contributed by atoms with E-state index in [2.05, 4.69) is 51.8 Å². The maximum absolute atomic E-state index is 4.35. The number of aromatic nitrogens is 3. The average Bonchev–Trinajstić information content (AvgIpc) is 2.72. The van der Waals surface area contributed by atoms with E-state index in [1.54, 1.807) is 0 Å². The van der Waals surface area contributed by atoms with Gasteiger partial charge in [-0.3, -0.25) is 4.40 Å². The van der Waals surface area contributed by atoms with Crippen molar-refractivity contribution in [1.29, 1.82) is 0 Å². The molecule has 18 heavy (non-hydrogen) atoms. The second-order valence-electron chi connectivity index (χ2n) is 5.52. The highest BCUT2D eigenvalue weighted by Gasteiger charge is 2.19. The molecule has 0 amide bonds. The van der Waals surface area contributed by atoms with Gasteiger partial charge in [0.15, 0.2) is 5.65 Å². The Balaban J connectivity index is 1.82. The third kappa shape index (κ3) is 2.25. The number of rotatable bonds is 2. The first-order valence-corrected chi connectivity index (χ1v) is 6.71. The van der Waals surface area contributed by atoms with E-state index in [9.17, 15) is 0 Å². The highest BCUT2D eigenvalue weighted by Crippen LogP contribution is 2.19. The number of pyridine rings is 1. The summed E-state index contributed by atoms with van der Waals surface area (Å²) >= 11 is 0. The van der Waals surface area contributed by atoms with E-state index in [0.717, 1.165) is 23.8 Å². The van der Waals surface area contributed by atoms with Crippen molar-refractivity contribution in [3.63, 3.8) is 0 Å². The Labute approximate surface area is 108 Å². The lowest BCUT2D eigenvalue weighted by atomic mass is 9.95. The standard InChI is InChI=1S/C14H20N4/c1-11-5-7-18-13(8-11)15-16-14(18)9-12-4-3-6-17(2)10-12/h5,7-8,12H,3-4,6,9-10H2,1-2H3. The van der Waals surface area contributed by atoms with Gasteiger partial charge in [-0.2, -0.15) is 0 Å². The average molecular weight is 244 g/mol. The first kappa shape index (κ1) is 11.7. The molecule has 1 aliphatic rings. The summed E-state index contributed by atoms with van der Waals surface area (Å²) in [5.41, 5.74) is 2.20. The minimum atomic E-state index is 0.720. The molecule has 1 unspecified atom stereocenters. The maximum atomic E-state index is 4.35. The normalized spacial score (nSPS) is 21.6. The van der Waals surface area contributed by atoms with Crippen molar-refractivity contribution in [3.05, 3.63) is 29.7 Å². The number of likely N-dealkylation sites (tertiary alicyclic amines) is 1. The number of piperidine rings is 1. The first-order valence-electron chi connectivity index (χ1n) is 6.71. The van der Waals surface area contributed by atoms with Gasteiger partial charge in [0.25, 0.3) is 0 Å². The van der Waals surface area contributed by atoms with Crippen molar-refractivity contribution >= 4 is 5.65 Å². The van der Waals surface area contributed by atoms with Gasteiger partial charge in [0.05, 0.1) is 0 Å². The van der Waals surface area contributed by atoms with E-state index >= 15 is 0 Å². The maximum Gasteiger partial charge on any atom is 0.161 e. The molecule has 0 bridgehead atoms. The summed E-state index contributed by atoms with van der Waals surface area (Å²) in [7, 11) is 2.21. The zero-order valence-electron chi connectivity index (χ0n) is 11.1. The molecule has 0 aromatic carbocycles. The van der Waals surface area contributed by atoms with E-state index in [0.29, 0.717) is 0 Å². The molecule has 2 aromatic heterocycles. The second kappa shape index (κ2) is 4.69. The van der Waals surface area contributed by atoms with Gasteiger partial charge >= 0.3 is 0 Å². The topological polar surface area (TPSA) is 33.4 Å². The van der Waals surface area contributed by atoms with Crippen molar-refractivity contribution in [2.45, 2.75) is 26.2 Å². The molecule has 1 fully saturated rings. The summed E-state index contributed by atoms with van der Waals surface area (Å²) in [5.74, 6) is 1.82. The summed E-state index contributed by atoms with van der Waals surface area (Å²) in [6, 6.07) is 4.20. The lowest BCUT2D eigenvalue weighted by molar-refractivity contribution is 0.207. The van der Waals surface area contributed by atoms with Crippen molar-refractivity contribution in [2.75, 3.05) is 20.1 Å². The van der Waals surface area contributed by atoms with E-state index in [-0.39, 0.29) is 0 Å². The quantitative estimate of drug-likeness (QED) is 0.809. The van der Waals surface area contributed by atoms with Crippen LogP contribution in [0.15, 0.2) is 18.3 Å². The summed E-state index contributed by atoms with van der Waals surface area (Å²) in [4.78, 5) is 2.42. The molecule has 1 atom stereocenters. The second-order valence-corrected chi connectivity index (χ2v) is 5.52. The molecule has 3 rings (SSSR count). The molecule has 0 spiro atoms. The Morgan fingerprint density at radius 2 is 2.28 bits per heavy atom. The van der Waals surface area contributed by atoms with Crippen LogP contribution in [0, 0.1) is 12.8 Å². The van der Waals surface area contributed by atoms with Gasteiger partial charge in [-0.25, -0.2) is 0 Å². The number of hydrogen-bond acceptors (Lipinski definition) is 3. The summed E-state index contributed by atoms with van der Waals surface area (Å²) in [5, 5.41) is 8.61. The zero-order chi connectivity index (χ0) is 12.5. The Kier molecular flexibility index (Phi) is 3.04. The van der Waals surface area contributed by atoms with Crippen LogP contribution in [0.4, 0.5) is 0 Å². The van der Waals surface area contributed by atoms with E-state index in [1.165, 1.54) is 31.5 Å². The Morgan fingerprint density at radius 3 is 3.11 bits per heavy atom. The first-order chi connectivity index (χ1) is 8.72. The summed E-state index contributed by atoms with van der Waals surface area (Å²) < 4.78 is 2.13. The van der Waals surface area contributed by atoms with Gasteiger partial charge in [0.2, 0.25) is 0 Å². The molecule has 4 nitrogen and oxygen atoms in total. The fourth-order valence-electron chi connectivity index (χ4n) is 2.88. The van der Waals surface area contributed by atoms with Gasteiger partial charge < -0.3 is 4.90 Å². The molecule has 2 aromatic rings. The molecule has 0 N–H and O–H groups in total. The third-order valence-electron chi connectivity index (χ3n) is 3.83. The fraction of sp³-hybridized carbons (Fsp3) is 0.571. The number of aryl methyl sites for hydroxylation is 1. The lowest BCUT2D eigenvalue weighted by Crippen LogP contribution is -2.33. The van der Waals surface area contributed by atoms with Crippen LogP contribution < -0.4 is 0 Å². The van der Waals surface area contributed by atoms with Gasteiger partial charge in [-0.1, -0.05) is 0 Å². The van der Waals surface area contributed by atoms with Crippen LogP contribution >= 0.6 is 0 Å². The molecule has 0 aliphatic carbocycles. The van der Waals surface area contributed by atoms with Crippen LogP contribution in [-0.2, 0) is 6.42 Å². The molecule has 0 radical (unpaired) electrons. The highest BCUT2D eigenvalue weighted by molar-refractivity contribution is 5.40. The smallest absolute Gasteiger partial charge is 0.161 e. The molecule has 3 heterocycles. The van der Waals surface area contributed by atoms with Gasteiger partial charge in [-0.05, 0) is 57.0 Å². The number of fused-ring (bicyclic) bond motifs is 1. The summed E-state index contributed by atoms with van der Waals surface area (Å²) in [6.45, 7) is 4.50. The van der Waals surface area contributed by atoms with Gasteiger partial charge in [0.1, 0.15) is 5.82 Å². The zero-order valence-corrected chi connectivity index (χ0v) is 11.1. The minimum absolute atomic E-state index is 0.720. The fourth-order valence-corrected chi connectivity index (χ4v) is 2.88. The van der Waals surface area contributed by atoms with Crippen LogP contribution in [0.2, 0.25) is 0 Å². The van der Waals surface area contributed by atoms with Gasteiger partial charge in [-0.15, -0.1) is 10.2 Å². The molecular formula is C14H20N4. The third-order valence-corrected chi connectivity index (χ3v) is 3.83. The number of hydrogen-bond donors (Lipinski definition) is 0. The molecule has 96 valence electrons. The number of nitrogens with zero attached hydrogens (tertiary/aromatic N) is 4. The van der Waals surface area contributed by atoms with Gasteiger partial charge in [0, 0.05) is 19.2 Å². The SMILES string of the molecule is Cc1ccn2c(CC3CCCN(C)C3)nnc2c1. The van der Waals surface area contributed by atoms with E-state index < -0.39 is 0 Å². The van der Waals surface area contributed by atoms with Crippen molar-refractivity contribution < 1.29 is 0 Å². The van der Waals surface area contributed by atoms with Crippen LogP contribution in [-0.4, -0.2) is 39.6 Å². The van der Waals surface area contributed by atoms with Crippen LogP contribution in [0.3, 0.4) is 0 Å². The Hall–Kier alpha value is -1.42. The molecule has 1 saturated heterocycles. The Bertz CT molecular complexity index is 546. The monoisotopic (exact) mass is 244 g/mol. The Morgan fingerprint density at radius 1 is 1.39 bits per heavy atom. The molecular weight excluding hydrogens is 224 g/mol. The molecule has 1 aliphatic heterocycles. The van der Waals surface area contributed by atoms with Crippen molar-refractivity contribution in [1.82, 2.24) is 19.5 Å². The highest BCUT2D eigenvalue weighted by atomic mass is 15.2. The predicted molar refractivity (Wildman–Crippen MR) is 71.6 cm³/mol.